The summed E-state index contributed by atoms with van der Waals surface area (Å²) in [5.74, 6) is -3.24. The Morgan fingerprint density at radius 1 is 0.667 bits per heavy atom. The van der Waals surface area contributed by atoms with Gasteiger partial charge in [0.05, 0.1) is 0 Å². The van der Waals surface area contributed by atoms with Gasteiger partial charge < -0.3 is 9.47 Å². The third kappa shape index (κ3) is 58.9. The predicted octanol–water partition coefficient (Wildman–Crippen LogP) is 9.18. The molecule has 0 heterocycles. The second kappa shape index (κ2) is 37.6. The summed E-state index contributed by atoms with van der Waals surface area (Å²) in [6, 6.07) is 12.0. The van der Waals surface area contributed by atoms with E-state index in [1.165, 1.54) is 0 Å². The molecule has 0 fully saturated rings. The summed E-state index contributed by atoms with van der Waals surface area (Å²) in [7, 11) is 6.50. The van der Waals surface area contributed by atoms with E-state index >= 15 is 0 Å². The number of methoxy groups -OCH3 is 2. The first kappa shape index (κ1) is 44.9. The summed E-state index contributed by atoms with van der Waals surface area (Å²) in [5, 5.41) is 1.67. The van der Waals surface area contributed by atoms with Gasteiger partial charge in [-0.3, -0.25) is 0 Å². The maximum Gasteiger partial charge on any atom is 0.400 e. The molecule has 0 unspecified atom stereocenters. The van der Waals surface area contributed by atoms with Crippen molar-refractivity contribution < 1.29 is 35.8 Å². The Labute approximate surface area is 202 Å². The van der Waals surface area contributed by atoms with Crippen molar-refractivity contribution in [3.63, 3.8) is 0 Å². The van der Waals surface area contributed by atoms with Crippen LogP contribution in [0.1, 0.15) is 34.6 Å². The lowest BCUT2D eigenvalue weighted by atomic mass is 10.2. The number of ether oxygens (including phenoxy) is 2. The lowest BCUT2D eigenvalue weighted by Gasteiger charge is -2.17. The van der Waals surface area contributed by atoms with Crippen molar-refractivity contribution in [2.45, 2.75) is 47.0 Å². The summed E-state index contributed by atoms with van der Waals surface area (Å²) in [5.41, 5.74) is 0. The average Bonchev–Trinajstić information content (AvgIpc) is 2.78. The van der Waals surface area contributed by atoms with E-state index < -0.39 is 18.3 Å². The first-order valence-electron chi connectivity index (χ1n) is 9.92. The fourth-order valence-electron chi connectivity index (χ4n) is 0.763. The standard InChI is InChI=1S/C6H8S.C6H6.C4H4F6.2C2H6O.2C2H6/c1-2-3-4-5-6-7;1-2-4-6-5-3-1;1-2(3(5,6)7)4(8,9)10;2*1-3-2;2*1-2/h2-7H,1H2;1-6H;2H,1H3;2*1-2H3;2*1-2H3/b4-3-,6-5-;;;;;;. The van der Waals surface area contributed by atoms with E-state index in [1.54, 1.807) is 39.9 Å². The van der Waals surface area contributed by atoms with Crippen LogP contribution in [0, 0.1) is 5.92 Å². The molecule has 0 atom stereocenters. The molecule has 1 rings (SSSR count). The van der Waals surface area contributed by atoms with Crippen molar-refractivity contribution >= 4 is 12.6 Å². The van der Waals surface area contributed by atoms with Crippen LogP contribution in [0.3, 0.4) is 0 Å². The molecule has 0 aromatic heterocycles. The Bertz CT molecular complexity index is 445. The largest absolute Gasteiger partial charge is 0.400 e. The van der Waals surface area contributed by atoms with Crippen molar-refractivity contribution in [1.82, 2.24) is 0 Å². The molecule has 2 nitrogen and oxygen atoms in total. The summed E-state index contributed by atoms with van der Waals surface area (Å²) in [6.45, 7) is 11.6. The first-order chi connectivity index (χ1) is 15.4. The fourth-order valence-corrected chi connectivity index (χ4v) is 0.862. The smallest absolute Gasteiger partial charge is 0.388 e. The number of alkyl halides is 6. The Balaban J connectivity index is -0.0000000703. The summed E-state index contributed by atoms with van der Waals surface area (Å²) < 4.78 is 75.9. The molecule has 33 heavy (non-hydrogen) atoms. The van der Waals surface area contributed by atoms with Crippen LogP contribution in [-0.4, -0.2) is 40.8 Å². The molecule has 1 aromatic carbocycles. The van der Waals surface area contributed by atoms with Gasteiger partial charge in [-0.15, -0.1) is 0 Å². The highest BCUT2D eigenvalue weighted by Gasteiger charge is 2.53. The van der Waals surface area contributed by atoms with Crippen molar-refractivity contribution in [3.8, 4) is 0 Å². The minimum atomic E-state index is -5.18. The zero-order chi connectivity index (χ0) is 27.8. The van der Waals surface area contributed by atoms with Crippen molar-refractivity contribution in [3.05, 3.63) is 72.7 Å². The third-order valence-electron chi connectivity index (χ3n) is 2.09. The van der Waals surface area contributed by atoms with Gasteiger partial charge in [-0.2, -0.15) is 39.0 Å². The van der Waals surface area contributed by atoms with E-state index in [2.05, 4.69) is 28.7 Å². The van der Waals surface area contributed by atoms with Gasteiger partial charge in [0, 0.05) is 28.4 Å². The lowest BCUT2D eigenvalue weighted by molar-refractivity contribution is -0.278. The molecule has 0 aliphatic carbocycles. The molecule has 0 radical (unpaired) electrons. The molecule has 0 saturated heterocycles. The number of hydrogen-bond acceptors (Lipinski definition) is 3. The van der Waals surface area contributed by atoms with Gasteiger partial charge in [0.25, 0.3) is 0 Å². The molecule has 9 heteroatoms. The number of thiol groups is 1. The van der Waals surface area contributed by atoms with E-state index in [1.807, 2.05) is 82.3 Å². The Hall–Kier alpha value is -1.71. The van der Waals surface area contributed by atoms with Crippen LogP contribution >= 0.6 is 12.6 Å². The molecular weight excluding hydrogens is 466 g/mol. The summed E-state index contributed by atoms with van der Waals surface area (Å²) in [6.07, 6.45) is -3.12. The van der Waals surface area contributed by atoms with Gasteiger partial charge in [0.1, 0.15) is 5.92 Å². The molecule has 0 N–H and O–H groups in total. The molecule has 1 aromatic rings. The second-order valence-electron chi connectivity index (χ2n) is 4.74. The van der Waals surface area contributed by atoms with Crippen LogP contribution in [-0.2, 0) is 9.47 Å². The van der Waals surface area contributed by atoms with Crippen LogP contribution < -0.4 is 0 Å². The van der Waals surface area contributed by atoms with E-state index in [4.69, 9.17) is 0 Å². The SMILES string of the molecule is C=C/C=C\C=C/S.CC.CC.CC(C(F)(F)F)C(F)(F)F.COC.COC.c1ccccc1. The van der Waals surface area contributed by atoms with Gasteiger partial charge in [0.2, 0.25) is 0 Å². The number of hydrogen-bond donors (Lipinski definition) is 1. The van der Waals surface area contributed by atoms with Gasteiger partial charge in [-0.05, 0) is 12.3 Å². The zero-order valence-corrected chi connectivity index (χ0v) is 22.1. The lowest BCUT2D eigenvalue weighted by Crippen LogP contribution is -2.33. The maximum absolute atomic E-state index is 11.2. The normalized spacial score (nSPS) is 9.61. The maximum atomic E-state index is 11.2. The molecule has 0 aliphatic heterocycles. The highest BCUT2D eigenvalue weighted by Crippen LogP contribution is 2.38. The van der Waals surface area contributed by atoms with Crippen molar-refractivity contribution in [1.29, 1.82) is 0 Å². The Morgan fingerprint density at radius 3 is 1.03 bits per heavy atom. The van der Waals surface area contributed by atoms with Gasteiger partial charge in [-0.25, -0.2) is 0 Å². The van der Waals surface area contributed by atoms with Gasteiger partial charge in [0.15, 0.2) is 0 Å². The minimum absolute atomic E-state index is 0.0833. The molecule has 0 saturated carbocycles. The Morgan fingerprint density at radius 2 is 0.909 bits per heavy atom. The van der Waals surface area contributed by atoms with E-state index in [9.17, 15) is 26.3 Å². The predicted molar refractivity (Wildman–Crippen MR) is 134 cm³/mol. The molecule has 0 aliphatic rings. The monoisotopic (exact) mass is 508 g/mol. The van der Waals surface area contributed by atoms with Crippen LogP contribution in [0.2, 0.25) is 0 Å². The second-order valence-corrected chi connectivity index (χ2v) is 5.04. The Kier molecular flexibility index (Phi) is 51.1. The molecular formula is C24H42F6O2S. The van der Waals surface area contributed by atoms with Crippen molar-refractivity contribution in [2.24, 2.45) is 5.92 Å². The zero-order valence-electron chi connectivity index (χ0n) is 21.2. The van der Waals surface area contributed by atoms with E-state index in [0.717, 1.165) is 0 Å². The van der Waals surface area contributed by atoms with Crippen LogP contribution in [0.4, 0.5) is 26.3 Å². The highest BCUT2D eigenvalue weighted by molar-refractivity contribution is 7.83. The van der Waals surface area contributed by atoms with E-state index in [0.29, 0.717) is 0 Å². The first-order valence-corrected chi connectivity index (χ1v) is 10.4. The van der Waals surface area contributed by atoms with Crippen LogP contribution in [0.25, 0.3) is 0 Å². The molecule has 0 bridgehead atoms. The van der Waals surface area contributed by atoms with Gasteiger partial charge >= 0.3 is 12.4 Å². The molecule has 0 spiro atoms. The highest BCUT2D eigenvalue weighted by atomic mass is 32.1. The number of benzene rings is 1. The van der Waals surface area contributed by atoms with Gasteiger partial charge in [-0.1, -0.05) is 95.0 Å². The van der Waals surface area contributed by atoms with Crippen LogP contribution in [0.5, 0.6) is 0 Å². The van der Waals surface area contributed by atoms with E-state index in [-0.39, 0.29) is 6.92 Å². The number of allylic oxidation sites excluding steroid dienone is 4. The average molecular weight is 509 g/mol. The number of halogens is 6. The third-order valence-corrected chi connectivity index (χ3v) is 2.27. The molecule has 198 valence electrons. The van der Waals surface area contributed by atoms with Crippen molar-refractivity contribution in [2.75, 3.05) is 28.4 Å². The summed E-state index contributed by atoms with van der Waals surface area (Å²) in [4.78, 5) is 0. The fraction of sp³-hybridized carbons (Fsp3) is 0.500. The molecule has 0 amide bonds. The topological polar surface area (TPSA) is 18.5 Å². The quantitative estimate of drug-likeness (QED) is 0.244. The van der Waals surface area contributed by atoms with Crippen LogP contribution in [0.15, 0.2) is 72.7 Å². The minimum Gasteiger partial charge on any atom is -0.388 e. The summed E-state index contributed by atoms with van der Waals surface area (Å²) >= 11 is 3.83. The number of rotatable bonds is 2.